The summed E-state index contributed by atoms with van der Waals surface area (Å²) in [4.78, 5) is 0. The van der Waals surface area contributed by atoms with Crippen LogP contribution in [-0.2, 0) is 14.3 Å². The van der Waals surface area contributed by atoms with Gasteiger partial charge in [-0.05, 0) is 6.42 Å². The molecule has 4 nitrogen and oxygen atoms in total. The van der Waals surface area contributed by atoms with E-state index in [1.54, 1.807) is 6.92 Å². The van der Waals surface area contributed by atoms with Crippen LogP contribution in [0.1, 0.15) is 13.3 Å². The van der Waals surface area contributed by atoms with E-state index in [4.69, 9.17) is 16.7 Å². The van der Waals surface area contributed by atoms with Gasteiger partial charge in [-0.2, -0.15) is 8.42 Å². The van der Waals surface area contributed by atoms with E-state index in [-0.39, 0.29) is 47.8 Å². The Hall–Kier alpha value is 1.16. The minimum atomic E-state index is -3.46. The van der Waals surface area contributed by atoms with Crippen LogP contribution >= 0.6 is 11.6 Å². The van der Waals surface area contributed by atoms with Gasteiger partial charge in [0.15, 0.2) is 0 Å². The maximum absolute atomic E-state index is 10.9. The van der Waals surface area contributed by atoms with E-state index in [9.17, 15) is 8.42 Å². The van der Waals surface area contributed by atoms with Gasteiger partial charge in [-0.25, -0.2) is 0 Å². The Balaban J connectivity index is 0. The van der Waals surface area contributed by atoms with Crippen molar-refractivity contribution in [2.24, 2.45) is 0 Å². The van der Waals surface area contributed by atoms with E-state index in [1.165, 1.54) is 0 Å². The third kappa shape index (κ3) is 9.46. The molecule has 0 aromatic rings. The third-order valence-electron chi connectivity index (χ3n) is 1.07. The second-order valence-electron chi connectivity index (χ2n) is 2.35. The Kier molecular flexibility index (Phi) is 10.8. The Labute approximate surface area is 106 Å². The molecule has 0 saturated carbocycles. The number of halogens is 1. The van der Waals surface area contributed by atoms with Gasteiger partial charge >= 0.3 is 29.6 Å². The van der Waals surface area contributed by atoms with Crippen molar-refractivity contribution in [2.45, 2.75) is 19.4 Å². The monoisotopic (exact) mass is 240 g/mol. The van der Waals surface area contributed by atoms with E-state index in [2.05, 4.69) is 4.18 Å². The topological polar surface area (TPSA) is 63.6 Å². The van der Waals surface area contributed by atoms with Crippen LogP contribution in [0.15, 0.2) is 0 Å². The van der Waals surface area contributed by atoms with E-state index in [0.29, 0.717) is 6.42 Å². The van der Waals surface area contributed by atoms with Gasteiger partial charge in [0.2, 0.25) is 0 Å². The predicted octanol–water partition coefficient (Wildman–Crippen LogP) is -0.306. The second-order valence-corrected chi connectivity index (χ2v) is 4.42. The normalized spacial score (nSPS) is 13.5. The Bertz CT molecular complexity index is 207. The fourth-order valence-electron chi connectivity index (χ4n) is 0.536. The van der Waals surface area contributed by atoms with Gasteiger partial charge < -0.3 is 5.11 Å². The zero-order chi connectivity index (χ0) is 9.61. The van der Waals surface area contributed by atoms with Crippen molar-refractivity contribution in [3.8, 4) is 0 Å². The van der Waals surface area contributed by atoms with E-state index < -0.39 is 16.2 Å². The molecule has 0 amide bonds. The summed E-state index contributed by atoms with van der Waals surface area (Å²) < 4.78 is 26.2. The number of aliphatic hydroxyl groups is 1. The maximum atomic E-state index is 10.9. The molecule has 1 unspecified atom stereocenters. The van der Waals surface area contributed by atoms with Crippen LogP contribution in [0.5, 0.6) is 0 Å². The quantitative estimate of drug-likeness (QED) is 0.393. The summed E-state index contributed by atoms with van der Waals surface area (Å²) in [6.07, 6.45) is -0.419. The van der Waals surface area contributed by atoms with Crippen molar-refractivity contribution >= 4 is 51.3 Å². The summed E-state index contributed by atoms with van der Waals surface area (Å²) in [7, 11) is -3.46. The molecule has 76 valence electrons. The van der Waals surface area contributed by atoms with Gasteiger partial charge in [0, 0.05) is 0 Å². The van der Waals surface area contributed by atoms with Crippen LogP contribution in [0.3, 0.4) is 0 Å². The molecule has 0 spiro atoms. The summed E-state index contributed by atoms with van der Waals surface area (Å²) in [5, 5.41) is 8.87. The number of hydrogen-bond acceptors (Lipinski definition) is 4. The Morgan fingerprint density at radius 1 is 1.54 bits per heavy atom. The van der Waals surface area contributed by atoms with Gasteiger partial charge in [-0.15, -0.1) is 11.6 Å². The Morgan fingerprint density at radius 3 is 2.46 bits per heavy atom. The van der Waals surface area contributed by atoms with E-state index >= 15 is 0 Å². The summed E-state index contributed by atoms with van der Waals surface area (Å²) >= 11 is 5.23. The summed E-state index contributed by atoms with van der Waals surface area (Å²) in [6, 6.07) is 0. The van der Waals surface area contributed by atoms with E-state index in [0.717, 1.165) is 0 Å². The summed E-state index contributed by atoms with van der Waals surface area (Å²) in [5.41, 5.74) is 0. The SMILES string of the molecule is CCCS(=O)(=O)OCC(O)CCl.[NaH]. The van der Waals surface area contributed by atoms with Crippen molar-refractivity contribution in [3.63, 3.8) is 0 Å². The van der Waals surface area contributed by atoms with Crippen LogP contribution in [0.25, 0.3) is 0 Å². The second kappa shape index (κ2) is 8.47. The fraction of sp³-hybridized carbons (Fsp3) is 1.00. The van der Waals surface area contributed by atoms with Crippen LogP contribution < -0.4 is 0 Å². The predicted molar refractivity (Wildman–Crippen MR) is 53.9 cm³/mol. The van der Waals surface area contributed by atoms with Gasteiger partial charge in [0.25, 0.3) is 10.1 Å². The van der Waals surface area contributed by atoms with Crippen molar-refractivity contribution < 1.29 is 17.7 Å². The van der Waals surface area contributed by atoms with Crippen LogP contribution in [0.2, 0.25) is 0 Å². The zero-order valence-corrected chi connectivity index (χ0v) is 8.44. The first kappa shape index (κ1) is 16.6. The molecule has 7 heteroatoms. The standard InChI is InChI=1S/C6H13ClO4S.Na.H/c1-2-3-12(9,10)11-5-6(8)4-7;;/h6,8H,2-5H2,1H3;;. The van der Waals surface area contributed by atoms with Gasteiger partial charge in [0.05, 0.1) is 24.3 Å². The molecule has 1 atom stereocenters. The Morgan fingerprint density at radius 2 is 2.08 bits per heavy atom. The molecule has 0 rings (SSSR count). The molecule has 0 aliphatic carbocycles. The first-order chi connectivity index (χ1) is 5.52. The molecular formula is C6H14ClNaO4S. The molecule has 0 bridgehead atoms. The van der Waals surface area contributed by atoms with Crippen molar-refractivity contribution in [3.05, 3.63) is 0 Å². The molecule has 0 heterocycles. The van der Waals surface area contributed by atoms with Gasteiger partial charge in [-0.3, -0.25) is 4.18 Å². The molecule has 1 N–H and O–H groups in total. The van der Waals surface area contributed by atoms with Crippen LogP contribution in [0, 0.1) is 0 Å². The van der Waals surface area contributed by atoms with E-state index in [1.807, 2.05) is 0 Å². The molecular weight excluding hydrogens is 227 g/mol. The summed E-state index contributed by atoms with van der Waals surface area (Å²) in [6.45, 7) is 1.48. The average Bonchev–Trinajstić information content (AvgIpc) is 2.00. The average molecular weight is 241 g/mol. The number of aliphatic hydroxyl groups excluding tert-OH is 1. The molecule has 0 aliphatic rings. The first-order valence-corrected chi connectivity index (χ1v) is 5.74. The van der Waals surface area contributed by atoms with Crippen LogP contribution in [0.4, 0.5) is 0 Å². The van der Waals surface area contributed by atoms with Gasteiger partial charge in [0.1, 0.15) is 0 Å². The van der Waals surface area contributed by atoms with Crippen molar-refractivity contribution in [1.29, 1.82) is 0 Å². The molecule has 0 aliphatic heterocycles. The molecule has 0 saturated heterocycles. The van der Waals surface area contributed by atoms with Gasteiger partial charge in [-0.1, -0.05) is 6.92 Å². The number of alkyl halides is 1. The molecule has 0 aromatic heterocycles. The zero-order valence-electron chi connectivity index (χ0n) is 6.86. The van der Waals surface area contributed by atoms with Crippen molar-refractivity contribution in [1.82, 2.24) is 0 Å². The van der Waals surface area contributed by atoms with Crippen LogP contribution in [-0.4, -0.2) is 67.4 Å². The fourth-order valence-corrected chi connectivity index (χ4v) is 1.61. The minimum absolute atomic E-state index is 0. The third-order valence-corrected chi connectivity index (χ3v) is 2.83. The molecule has 13 heavy (non-hydrogen) atoms. The summed E-state index contributed by atoms with van der Waals surface area (Å²) in [5.74, 6) is -0.0519. The number of hydrogen-bond donors (Lipinski definition) is 1. The number of rotatable bonds is 6. The first-order valence-electron chi connectivity index (χ1n) is 3.63. The molecule has 0 radical (unpaired) electrons. The molecule has 0 fully saturated rings. The molecule has 0 aromatic carbocycles. The van der Waals surface area contributed by atoms with Crippen molar-refractivity contribution in [2.75, 3.05) is 18.2 Å².